The van der Waals surface area contributed by atoms with E-state index in [4.69, 9.17) is 9.84 Å². The maximum absolute atomic E-state index is 13.5. The summed E-state index contributed by atoms with van der Waals surface area (Å²) in [5.41, 5.74) is 1.69. The van der Waals surface area contributed by atoms with Crippen molar-refractivity contribution in [3.8, 4) is 5.75 Å². The standard InChI is InChI=1S/C27H30N2O6/c1-20-15-16-21(18-28-20)26(32)29(27(33,34)23-11-4-2-5-12-23)19-22-10-7-8-13-24(22)35-17-9-3-6-14-25(30)31/h2,4-5,7-8,10-13,15-16,18,33-34H,3,6,9,14,17,19H2,1H3,(H,30,31). The number of amides is 1. The second kappa shape index (κ2) is 12.1. The fourth-order valence-electron chi connectivity index (χ4n) is 3.57. The topological polar surface area (TPSA) is 120 Å². The molecule has 0 saturated heterocycles. The number of carboxylic acid groups (broad SMARTS) is 1. The van der Waals surface area contributed by atoms with Crippen LogP contribution in [0.15, 0.2) is 72.9 Å². The molecule has 8 nitrogen and oxygen atoms in total. The minimum absolute atomic E-state index is 0.121. The van der Waals surface area contributed by atoms with Crippen molar-refractivity contribution in [2.45, 2.75) is 45.1 Å². The Morgan fingerprint density at radius 1 is 0.943 bits per heavy atom. The van der Waals surface area contributed by atoms with E-state index in [-0.39, 0.29) is 24.1 Å². The van der Waals surface area contributed by atoms with Crippen LogP contribution in [0.3, 0.4) is 0 Å². The summed E-state index contributed by atoms with van der Waals surface area (Å²) in [5.74, 6) is -3.50. The Morgan fingerprint density at radius 2 is 1.66 bits per heavy atom. The summed E-state index contributed by atoms with van der Waals surface area (Å²) in [4.78, 5) is 29.2. The molecule has 3 aromatic rings. The molecule has 0 bridgehead atoms. The molecule has 1 amide bonds. The summed E-state index contributed by atoms with van der Waals surface area (Å²) in [6.07, 6.45) is 3.49. The monoisotopic (exact) mass is 478 g/mol. The molecule has 3 rings (SSSR count). The van der Waals surface area contributed by atoms with E-state index in [1.54, 1.807) is 61.5 Å². The molecule has 184 valence electrons. The summed E-state index contributed by atoms with van der Waals surface area (Å²) in [6, 6.07) is 18.5. The Labute approximate surface area is 204 Å². The number of rotatable bonds is 12. The fourth-order valence-corrected chi connectivity index (χ4v) is 3.57. The molecule has 0 aliphatic heterocycles. The normalized spacial score (nSPS) is 11.2. The number of aryl methyl sites for hydroxylation is 1. The highest BCUT2D eigenvalue weighted by molar-refractivity contribution is 5.94. The van der Waals surface area contributed by atoms with Gasteiger partial charge < -0.3 is 20.1 Å². The molecule has 1 aromatic heterocycles. The fraction of sp³-hybridized carbons (Fsp3) is 0.296. The van der Waals surface area contributed by atoms with E-state index in [0.717, 1.165) is 10.6 Å². The third kappa shape index (κ3) is 7.11. The minimum atomic E-state index is -2.59. The van der Waals surface area contributed by atoms with Gasteiger partial charge in [0.2, 0.25) is 0 Å². The van der Waals surface area contributed by atoms with E-state index in [2.05, 4.69) is 4.98 Å². The maximum Gasteiger partial charge on any atom is 0.303 e. The number of carboxylic acids is 1. The van der Waals surface area contributed by atoms with Crippen LogP contribution in [-0.2, 0) is 17.3 Å². The molecular formula is C27H30N2O6. The number of para-hydroxylation sites is 1. The van der Waals surface area contributed by atoms with Crippen molar-refractivity contribution in [2.24, 2.45) is 0 Å². The number of hydrogen-bond donors (Lipinski definition) is 3. The first-order chi connectivity index (χ1) is 16.8. The van der Waals surface area contributed by atoms with Crippen LogP contribution >= 0.6 is 0 Å². The number of hydrogen-bond acceptors (Lipinski definition) is 6. The van der Waals surface area contributed by atoms with E-state index < -0.39 is 17.8 Å². The van der Waals surface area contributed by atoms with Crippen LogP contribution in [0, 0.1) is 6.92 Å². The zero-order valence-electron chi connectivity index (χ0n) is 19.6. The summed E-state index contributed by atoms with van der Waals surface area (Å²) < 4.78 is 5.90. The number of carbonyl (C=O) groups excluding carboxylic acids is 1. The van der Waals surface area contributed by atoms with Crippen LogP contribution in [-0.4, -0.2) is 43.7 Å². The summed E-state index contributed by atoms with van der Waals surface area (Å²) in [6.45, 7) is 2.03. The number of unbranched alkanes of at least 4 members (excludes halogenated alkanes) is 2. The average molecular weight is 479 g/mol. The highest BCUT2D eigenvalue weighted by Gasteiger charge is 2.38. The van der Waals surface area contributed by atoms with Crippen molar-refractivity contribution >= 4 is 11.9 Å². The van der Waals surface area contributed by atoms with Crippen molar-refractivity contribution in [1.29, 1.82) is 0 Å². The number of ether oxygens (including phenoxy) is 1. The van der Waals surface area contributed by atoms with Crippen LogP contribution in [0.4, 0.5) is 0 Å². The van der Waals surface area contributed by atoms with Gasteiger partial charge in [0.25, 0.3) is 11.8 Å². The predicted octanol–water partition coefficient (Wildman–Crippen LogP) is 3.85. The zero-order chi connectivity index (χ0) is 25.3. The van der Waals surface area contributed by atoms with Crippen molar-refractivity contribution in [2.75, 3.05) is 6.61 Å². The molecule has 0 unspecified atom stereocenters. The van der Waals surface area contributed by atoms with Gasteiger partial charge in [-0.2, -0.15) is 0 Å². The van der Waals surface area contributed by atoms with Crippen LogP contribution in [0.1, 0.15) is 52.9 Å². The lowest BCUT2D eigenvalue weighted by Gasteiger charge is -2.36. The summed E-state index contributed by atoms with van der Waals surface area (Å²) in [7, 11) is 0. The highest BCUT2D eigenvalue weighted by atomic mass is 16.5. The van der Waals surface area contributed by atoms with E-state index in [9.17, 15) is 19.8 Å². The first-order valence-corrected chi connectivity index (χ1v) is 11.5. The van der Waals surface area contributed by atoms with E-state index in [0.29, 0.717) is 37.2 Å². The number of aliphatic hydroxyl groups is 2. The van der Waals surface area contributed by atoms with Gasteiger partial charge in [-0.15, -0.1) is 0 Å². The van der Waals surface area contributed by atoms with E-state index in [1.165, 1.54) is 18.3 Å². The first kappa shape index (κ1) is 25.9. The molecule has 2 aromatic carbocycles. The molecule has 0 fully saturated rings. The Kier molecular flexibility index (Phi) is 8.94. The predicted molar refractivity (Wildman–Crippen MR) is 129 cm³/mol. The van der Waals surface area contributed by atoms with Gasteiger partial charge in [0.05, 0.1) is 18.7 Å². The summed E-state index contributed by atoms with van der Waals surface area (Å²) in [5, 5.41) is 31.1. The van der Waals surface area contributed by atoms with Crippen molar-refractivity contribution < 1.29 is 29.6 Å². The van der Waals surface area contributed by atoms with E-state index >= 15 is 0 Å². The number of carbonyl (C=O) groups is 2. The smallest absolute Gasteiger partial charge is 0.303 e. The molecule has 8 heteroatoms. The Bertz CT molecular complexity index is 1120. The lowest BCUT2D eigenvalue weighted by molar-refractivity contribution is -0.259. The Balaban J connectivity index is 1.83. The van der Waals surface area contributed by atoms with Crippen LogP contribution in [0.2, 0.25) is 0 Å². The summed E-state index contributed by atoms with van der Waals surface area (Å²) >= 11 is 0. The van der Waals surface area contributed by atoms with Gasteiger partial charge in [0.15, 0.2) is 0 Å². The number of nitrogens with zero attached hydrogens (tertiary/aromatic N) is 2. The minimum Gasteiger partial charge on any atom is -0.493 e. The Hall–Kier alpha value is -3.75. The second-order valence-corrected chi connectivity index (χ2v) is 8.24. The van der Waals surface area contributed by atoms with Crippen molar-refractivity contribution in [3.63, 3.8) is 0 Å². The van der Waals surface area contributed by atoms with Gasteiger partial charge in [-0.3, -0.25) is 19.5 Å². The quantitative estimate of drug-likeness (QED) is 0.267. The molecular weight excluding hydrogens is 448 g/mol. The lowest BCUT2D eigenvalue weighted by Crippen LogP contribution is -2.49. The number of aliphatic carboxylic acids is 1. The Morgan fingerprint density at radius 3 is 2.34 bits per heavy atom. The van der Waals surface area contributed by atoms with Crippen molar-refractivity contribution in [1.82, 2.24) is 9.88 Å². The molecule has 0 radical (unpaired) electrons. The molecule has 1 heterocycles. The molecule has 0 aliphatic carbocycles. The largest absolute Gasteiger partial charge is 0.493 e. The molecule has 0 saturated carbocycles. The van der Waals surface area contributed by atoms with Crippen LogP contribution in [0.25, 0.3) is 0 Å². The first-order valence-electron chi connectivity index (χ1n) is 11.5. The van der Waals surface area contributed by atoms with E-state index in [1.807, 2.05) is 0 Å². The van der Waals surface area contributed by atoms with Gasteiger partial charge in [-0.1, -0.05) is 48.5 Å². The third-order valence-electron chi connectivity index (χ3n) is 5.53. The average Bonchev–Trinajstić information content (AvgIpc) is 2.85. The number of benzene rings is 2. The van der Waals surface area contributed by atoms with Crippen LogP contribution < -0.4 is 4.74 Å². The molecule has 3 N–H and O–H groups in total. The maximum atomic E-state index is 13.5. The number of pyridine rings is 1. The number of aromatic nitrogens is 1. The molecule has 0 atom stereocenters. The third-order valence-corrected chi connectivity index (χ3v) is 5.53. The SMILES string of the molecule is Cc1ccc(C(=O)N(Cc2ccccc2OCCCCCC(=O)O)C(O)(O)c2ccccc2)cn1. The lowest BCUT2D eigenvalue weighted by atomic mass is 10.1. The van der Waals surface area contributed by atoms with Gasteiger partial charge in [-0.05, 0) is 44.4 Å². The molecule has 0 aliphatic rings. The highest BCUT2D eigenvalue weighted by Crippen LogP contribution is 2.29. The molecule has 0 spiro atoms. The second-order valence-electron chi connectivity index (χ2n) is 8.24. The van der Waals surface area contributed by atoms with Crippen LogP contribution in [0.5, 0.6) is 5.75 Å². The molecule has 35 heavy (non-hydrogen) atoms. The zero-order valence-corrected chi connectivity index (χ0v) is 19.6. The van der Waals surface area contributed by atoms with Gasteiger partial charge in [0, 0.05) is 29.4 Å². The van der Waals surface area contributed by atoms with Crippen molar-refractivity contribution in [3.05, 3.63) is 95.3 Å². The van der Waals surface area contributed by atoms with Gasteiger partial charge in [0.1, 0.15) is 5.75 Å². The van der Waals surface area contributed by atoms with Gasteiger partial charge in [-0.25, -0.2) is 0 Å². The van der Waals surface area contributed by atoms with Gasteiger partial charge >= 0.3 is 5.97 Å².